The van der Waals surface area contributed by atoms with Gasteiger partial charge in [0.1, 0.15) is 0 Å². The maximum atomic E-state index is 13.4. The highest BCUT2D eigenvalue weighted by molar-refractivity contribution is 7.89. The topological polar surface area (TPSA) is 77.9 Å². The van der Waals surface area contributed by atoms with Crippen LogP contribution in [0.25, 0.3) is 0 Å². The van der Waals surface area contributed by atoms with E-state index < -0.39 is 16.0 Å². The maximum Gasteiger partial charge on any atom is 0.303 e. The fourth-order valence-corrected chi connectivity index (χ4v) is 6.34. The van der Waals surface area contributed by atoms with Crippen LogP contribution < -0.4 is 4.90 Å². The van der Waals surface area contributed by atoms with Crippen LogP contribution in [-0.2, 0) is 27.7 Å². The van der Waals surface area contributed by atoms with Gasteiger partial charge in [-0.15, -0.1) is 0 Å². The zero-order valence-electron chi connectivity index (χ0n) is 16.2. The quantitative estimate of drug-likeness (QED) is 0.723. The molecule has 2 aliphatic rings. The van der Waals surface area contributed by atoms with Crippen LogP contribution in [0.2, 0.25) is 10.0 Å². The molecule has 1 saturated heterocycles. The molecule has 2 aromatic carbocycles. The number of hydrogen-bond acceptors (Lipinski definition) is 4. The lowest BCUT2D eigenvalue weighted by Gasteiger charge is -2.35. The van der Waals surface area contributed by atoms with Gasteiger partial charge < -0.3 is 10.0 Å². The van der Waals surface area contributed by atoms with Crippen LogP contribution >= 0.6 is 23.2 Å². The van der Waals surface area contributed by atoms with Crippen molar-refractivity contribution >= 4 is 44.9 Å². The molecule has 160 valence electrons. The number of rotatable bonds is 5. The van der Waals surface area contributed by atoms with E-state index in [1.165, 1.54) is 4.31 Å². The first-order chi connectivity index (χ1) is 14.3. The number of piperazine rings is 1. The van der Waals surface area contributed by atoms with Gasteiger partial charge in [-0.05, 0) is 54.2 Å². The van der Waals surface area contributed by atoms with Gasteiger partial charge >= 0.3 is 5.97 Å². The average molecular weight is 469 g/mol. The number of hydrogen-bond donors (Lipinski definition) is 1. The molecular formula is C21H22Cl2N2O4S. The van der Waals surface area contributed by atoms with Crippen molar-refractivity contribution in [2.45, 2.75) is 24.2 Å². The Balaban J connectivity index is 1.50. The minimum atomic E-state index is -3.65. The SMILES string of the molecule is O=C(O)CC1Cc2cccc(S(=O)(=O)N3CCN(c4ccc(Cl)c(Cl)c4)CC3)c2C1. The first kappa shape index (κ1) is 21.4. The van der Waals surface area contributed by atoms with Crippen molar-refractivity contribution in [3.63, 3.8) is 0 Å². The Labute approximate surface area is 186 Å². The van der Waals surface area contributed by atoms with Crippen LogP contribution in [0.1, 0.15) is 17.5 Å². The van der Waals surface area contributed by atoms with Gasteiger partial charge in [-0.3, -0.25) is 4.79 Å². The van der Waals surface area contributed by atoms with Crippen molar-refractivity contribution in [1.29, 1.82) is 0 Å². The second-order valence-electron chi connectivity index (χ2n) is 7.76. The lowest BCUT2D eigenvalue weighted by Crippen LogP contribution is -2.48. The minimum Gasteiger partial charge on any atom is -0.481 e. The molecule has 1 atom stereocenters. The molecular weight excluding hydrogens is 447 g/mol. The highest BCUT2D eigenvalue weighted by atomic mass is 35.5. The van der Waals surface area contributed by atoms with E-state index in [1.54, 1.807) is 24.3 Å². The van der Waals surface area contributed by atoms with Crippen LogP contribution in [0.15, 0.2) is 41.3 Å². The van der Waals surface area contributed by atoms with E-state index in [-0.39, 0.29) is 12.3 Å². The monoisotopic (exact) mass is 468 g/mol. The van der Waals surface area contributed by atoms with Crippen LogP contribution in [0, 0.1) is 5.92 Å². The number of sulfonamides is 1. The number of carbonyl (C=O) groups is 1. The van der Waals surface area contributed by atoms with Gasteiger partial charge in [-0.1, -0.05) is 35.3 Å². The molecule has 0 amide bonds. The van der Waals surface area contributed by atoms with Crippen molar-refractivity contribution in [2.75, 3.05) is 31.1 Å². The number of halogens is 2. The van der Waals surface area contributed by atoms with Crippen molar-refractivity contribution < 1.29 is 18.3 Å². The minimum absolute atomic E-state index is 0.0521. The van der Waals surface area contributed by atoms with Gasteiger partial charge in [-0.25, -0.2) is 8.42 Å². The van der Waals surface area contributed by atoms with Crippen LogP contribution in [0.4, 0.5) is 5.69 Å². The highest BCUT2D eigenvalue weighted by Crippen LogP contribution is 2.35. The third-order valence-electron chi connectivity index (χ3n) is 5.82. The molecule has 1 N–H and O–H groups in total. The predicted molar refractivity (Wildman–Crippen MR) is 117 cm³/mol. The molecule has 0 aromatic heterocycles. The first-order valence-corrected chi connectivity index (χ1v) is 12.0. The molecule has 1 aliphatic heterocycles. The zero-order valence-corrected chi connectivity index (χ0v) is 18.6. The van der Waals surface area contributed by atoms with E-state index in [1.807, 2.05) is 12.1 Å². The maximum absolute atomic E-state index is 13.4. The number of aliphatic carboxylic acids is 1. The number of benzene rings is 2. The normalized spacial score (nSPS) is 19.7. The third-order valence-corrected chi connectivity index (χ3v) is 8.54. The number of anilines is 1. The van der Waals surface area contributed by atoms with E-state index >= 15 is 0 Å². The summed E-state index contributed by atoms with van der Waals surface area (Å²) in [7, 11) is -3.65. The van der Waals surface area contributed by atoms with Gasteiger partial charge in [0.15, 0.2) is 0 Å². The molecule has 0 bridgehead atoms. The van der Waals surface area contributed by atoms with E-state index in [0.29, 0.717) is 54.0 Å². The second kappa shape index (κ2) is 8.38. The van der Waals surface area contributed by atoms with Crippen LogP contribution in [-0.4, -0.2) is 50.0 Å². The average Bonchev–Trinajstić information content (AvgIpc) is 3.11. The molecule has 0 radical (unpaired) electrons. The molecule has 2 aromatic rings. The molecule has 0 spiro atoms. The molecule has 1 fully saturated rings. The van der Waals surface area contributed by atoms with Gasteiger partial charge in [-0.2, -0.15) is 4.31 Å². The van der Waals surface area contributed by atoms with E-state index in [9.17, 15) is 13.2 Å². The van der Waals surface area contributed by atoms with E-state index in [0.717, 1.165) is 16.8 Å². The van der Waals surface area contributed by atoms with Crippen molar-refractivity contribution in [3.8, 4) is 0 Å². The van der Waals surface area contributed by atoms with Crippen molar-refractivity contribution in [2.24, 2.45) is 5.92 Å². The Morgan fingerprint density at radius 2 is 1.77 bits per heavy atom. The molecule has 30 heavy (non-hydrogen) atoms. The van der Waals surface area contributed by atoms with Gasteiger partial charge in [0.2, 0.25) is 10.0 Å². The Kier molecular flexibility index (Phi) is 5.99. The second-order valence-corrected chi connectivity index (χ2v) is 10.5. The van der Waals surface area contributed by atoms with Crippen molar-refractivity contribution in [3.05, 3.63) is 57.6 Å². The van der Waals surface area contributed by atoms with E-state index in [2.05, 4.69) is 4.90 Å². The number of carboxylic acids is 1. The predicted octanol–water partition coefficient (Wildman–Crippen LogP) is 3.69. The molecule has 9 heteroatoms. The summed E-state index contributed by atoms with van der Waals surface area (Å²) in [5.41, 5.74) is 2.63. The molecule has 1 aliphatic carbocycles. The van der Waals surface area contributed by atoms with Crippen molar-refractivity contribution in [1.82, 2.24) is 4.31 Å². The van der Waals surface area contributed by atoms with Crippen LogP contribution in [0.3, 0.4) is 0 Å². The van der Waals surface area contributed by atoms with E-state index in [4.69, 9.17) is 28.3 Å². The zero-order chi connectivity index (χ0) is 21.5. The summed E-state index contributed by atoms with van der Waals surface area (Å²) in [6.07, 6.45) is 1.15. The highest BCUT2D eigenvalue weighted by Gasteiger charge is 2.34. The Morgan fingerprint density at radius 3 is 2.43 bits per heavy atom. The summed E-state index contributed by atoms with van der Waals surface area (Å²) in [6.45, 7) is 1.83. The Morgan fingerprint density at radius 1 is 1.03 bits per heavy atom. The fourth-order valence-electron chi connectivity index (χ4n) is 4.35. The summed E-state index contributed by atoms with van der Waals surface area (Å²) in [5, 5.41) is 10.0. The lowest BCUT2D eigenvalue weighted by molar-refractivity contribution is -0.138. The van der Waals surface area contributed by atoms with Gasteiger partial charge in [0, 0.05) is 38.3 Å². The largest absolute Gasteiger partial charge is 0.481 e. The number of nitrogens with zero attached hydrogens (tertiary/aromatic N) is 2. The molecule has 1 unspecified atom stereocenters. The molecule has 6 nitrogen and oxygen atoms in total. The smallest absolute Gasteiger partial charge is 0.303 e. The summed E-state index contributed by atoms with van der Waals surface area (Å²) in [4.78, 5) is 13.5. The summed E-state index contributed by atoms with van der Waals surface area (Å²) < 4.78 is 28.3. The summed E-state index contributed by atoms with van der Waals surface area (Å²) in [5.74, 6) is -0.906. The van der Waals surface area contributed by atoms with Gasteiger partial charge in [0.05, 0.1) is 14.9 Å². The summed E-state index contributed by atoms with van der Waals surface area (Å²) in [6, 6.07) is 10.7. The number of carboxylic acid groups (broad SMARTS) is 1. The van der Waals surface area contributed by atoms with Gasteiger partial charge in [0.25, 0.3) is 0 Å². The number of fused-ring (bicyclic) bond motifs is 1. The Hall–Kier alpha value is -1.80. The molecule has 0 saturated carbocycles. The van der Waals surface area contributed by atoms with Crippen LogP contribution in [0.5, 0.6) is 0 Å². The molecule has 1 heterocycles. The first-order valence-electron chi connectivity index (χ1n) is 9.78. The molecule has 4 rings (SSSR count). The fraction of sp³-hybridized carbons (Fsp3) is 0.381. The lowest BCUT2D eigenvalue weighted by atomic mass is 10.0. The third kappa shape index (κ3) is 4.17. The standard InChI is InChI=1S/C21H22Cl2N2O4S/c22-18-5-4-16(13-19(18)23)24-6-8-25(9-7-24)30(28,29)20-3-1-2-15-10-14(11-17(15)20)12-21(26)27/h1-5,13-14H,6-12H2,(H,26,27). The Bertz CT molecular complexity index is 1080. The summed E-state index contributed by atoms with van der Waals surface area (Å²) >= 11 is 12.1.